The zero-order valence-corrected chi connectivity index (χ0v) is 15.0. The number of halogens is 3. The molecule has 0 spiro atoms. The molecule has 2 aromatic carbocycles. The molecule has 1 N–H and O–H groups in total. The summed E-state index contributed by atoms with van der Waals surface area (Å²) < 4.78 is 38.9. The normalized spacial score (nSPS) is 13.4. The lowest BCUT2D eigenvalue weighted by atomic mass is 10.0. The van der Waals surface area contributed by atoms with Gasteiger partial charge in [0, 0.05) is 31.3 Å². The molecule has 0 bridgehead atoms. The summed E-state index contributed by atoms with van der Waals surface area (Å²) in [7, 11) is 1.66. The first-order valence-corrected chi connectivity index (χ1v) is 8.55. The van der Waals surface area contributed by atoms with Crippen LogP contribution in [0.4, 0.5) is 18.9 Å². The van der Waals surface area contributed by atoms with E-state index in [1.54, 1.807) is 25.2 Å². The van der Waals surface area contributed by atoms with Crippen LogP contribution in [-0.2, 0) is 17.4 Å². The number of hydrogen-bond donors (Lipinski definition) is 1. The van der Waals surface area contributed by atoms with Crippen LogP contribution in [-0.4, -0.2) is 31.2 Å². The van der Waals surface area contributed by atoms with E-state index >= 15 is 0 Å². The molecule has 0 aliphatic carbocycles. The van der Waals surface area contributed by atoms with Gasteiger partial charge in [-0.15, -0.1) is 0 Å². The number of ketones is 1. The van der Waals surface area contributed by atoms with Crippen LogP contribution in [0.25, 0.3) is 0 Å². The highest BCUT2D eigenvalue weighted by Crippen LogP contribution is 2.32. The number of benzene rings is 2. The van der Waals surface area contributed by atoms with Crippen molar-refractivity contribution in [1.29, 1.82) is 0 Å². The van der Waals surface area contributed by atoms with Gasteiger partial charge in [0.1, 0.15) is 0 Å². The second-order valence-corrected chi connectivity index (χ2v) is 6.45. The minimum atomic E-state index is -4.64. The number of amides is 2. The van der Waals surface area contributed by atoms with Gasteiger partial charge in [-0.05, 0) is 35.9 Å². The molecule has 8 heteroatoms. The van der Waals surface area contributed by atoms with E-state index in [0.717, 1.165) is 23.4 Å². The van der Waals surface area contributed by atoms with Gasteiger partial charge < -0.3 is 10.2 Å². The van der Waals surface area contributed by atoms with Gasteiger partial charge in [0.2, 0.25) is 5.91 Å². The van der Waals surface area contributed by atoms with E-state index in [1.165, 1.54) is 17.0 Å². The smallest absolute Gasteiger partial charge is 0.352 e. The van der Waals surface area contributed by atoms with Crippen LogP contribution in [0.15, 0.2) is 42.5 Å². The molecule has 2 aromatic rings. The van der Waals surface area contributed by atoms with Crippen LogP contribution in [0, 0.1) is 0 Å². The molecule has 0 saturated carbocycles. The Morgan fingerprint density at radius 2 is 1.86 bits per heavy atom. The topological polar surface area (TPSA) is 66.5 Å². The molecule has 1 aliphatic rings. The Morgan fingerprint density at radius 3 is 2.57 bits per heavy atom. The molecule has 2 amide bonds. The zero-order valence-electron chi connectivity index (χ0n) is 15.0. The number of anilines is 1. The summed E-state index contributed by atoms with van der Waals surface area (Å²) in [6.45, 7) is -0.0974. The SMILES string of the molecule is CN1C(=O)Cc2cc(C(=O)CCNC(=O)c3ccccc3C(F)(F)F)ccc21. The minimum Gasteiger partial charge on any atom is -0.352 e. The molecule has 28 heavy (non-hydrogen) atoms. The maximum atomic E-state index is 13.0. The Bertz CT molecular complexity index is 954. The van der Waals surface area contributed by atoms with Gasteiger partial charge in [0.25, 0.3) is 5.91 Å². The molecule has 146 valence electrons. The van der Waals surface area contributed by atoms with Crippen LogP contribution >= 0.6 is 0 Å². The quantitative estimate of drug-likeness (QED) is 0.798. The van der Waals surface area contributed by atoms with Gasteiger partial charge in [0.15, 0.2) is 5.78 Å². The van der Waals surface area contributed by atoms with Crippen molar-refractivity contribution in [2.45, 2.75) is 19.0 Å². The lowest BCUT2D eigenvalue weighted by Crippen LogP contribution is -2.28. The lowest BCUT2D eigenvalue weighted by molar-refractivity contribution is -0.138. The van der Waals surface area contributed by atoms with Crippen molar-refractivity contribution in [1.82, 2.24) is 5.32 Å². The second kappa shape index (κ2) is 7.46. The Labute approximate surface area is 159 Å². The number of fused-ring (bicyclic) bond motifs is 1. The Kier molecular flexibility index (Phi) is 5.22. The molecular weight excluding hydrogens is 373 g/mol. The van der Waals surface area contributed by atoms with Gasteiger partial charge in [-0.1, -0.05) is 12.1 Å². The summed E-state index contributed by atoms with van der Waals surface area (Å²) in [5.41, 5.74) is 0.389. The molecule has 0 aromatic heterocycles. The van der Waals surface area contributed by atoms with Crippen molar-refractivity contribution in [3.63, 3.8) is 0 Å². The molecular formula is C20H17F3N2O3. The summed E-state index contributed by atoms with van der Waals surface area (Å²) >= 11 is 0. The van der Waals surface area contributed by atoms with E-state index in [0.29, 0.717) is 5.56 Å². The number of carbonyl (C=O) groups is 3. The Balaban J connectivity index is 1.62. The maximum absolute atomic E-state index is 13.0. The predicted octanol–water partition coefficient (Wildman–Crippen LogP) is 3.23. The van der Waals surface area contributed by atoms with Crippen molar-refractivity contribution in [2.75, 3.05) is 18.5 Å². The average Bonchev–Trinajstić information content (AvgIpc) is 2.94. The van der Waals surface area contributed by atoms with Crippen molar-refractivity contribution < 1.29 is 27.6 Å². The van der Waals surface area contributed by atoms with Crippen LogP contribution < -0.4 is 10.2 Å². The number of rotatable bonds is 5. The number of hydrogen-bond acceptors (Lipinski definition) is 3. The molecule has 3 rings (SSSR count). The van der Waals surface area contributed by atoms with Crippen molar-refractivity contribution >= 4 is 23.3 Å². The standard InChI is InChI=1S/C20H17F3N2O3/c1-25-16-7-6-12(10-13(16)11-18(25)27)17(26)8-9-24-19(28)14-4-2-3-5-15(14)20(21,22)23/h2-7,10H,8-9,11H2,1H3,(H,24,28). The summed E-state index contributed by atoms with van der Waals surface area (Å²) in [5.74, 6) is -1.22. The Morgan fingerprint density at radius 1 is 1.14 bits per heavy atom. The minimum absolute atomic E-state index is 0.0600. The molecule has 0 fully saturated rings. The van der Waals surface area contributed by atoms with Crippen LogP contribution in [0.5, 0.6) is 0 Å². The highest BCUT2D eigenvalue weighted by atomic mass is 19.4. The van der Waals surface area contributed by atoms with E-state index in [4.69, 9.17) is 0 Å². The lowest BCUT2D eigenvalue weighted by Gasteiger charge is -2.12. The maximum Gasteiger partial charge on any atom is 0.417 e. The third-order valence-electron chi connectivity index (χ3n) is 4.59. The first-order chi connectivity index (χ1) is 13.2. The molecule has 0 radical (unpaired) electrons. The fourth-order valence-corrected chi connectivity index (χ4v) is 3.10. The van der Waals surface area contributed by atoms with E-state index in [1.807, 2.05) is 0 Å². The predicted molar refractivity (Wildman–Crippen MR) is 96.3 cm³/mol. The Hall–Kier alpha value is -3.16. The van der Waals surface area contributed by atoms with Gasteiger partial charge in [-0.2, -0.15) is 13.2 Å². The molecule has 5 nitrogen and oxygen atoms in total. The van der Waals surface area contributed by atoms with Gasteiger partial charge >= 0.3 is 6.18 Å². The largest absolute Gasteiger partial charge is 0.417 e. The number of Topliss-reactive ketones (excluding diaryl/α,β-unsaturated/α-hetero) is 1. The van der Waals surface area contributed by atoms with Gasteiger partial charge in [-0.25, -0.2) is 0 Å². The molecule has 0 atom stereocenters. The summed E-state index contributed by atoms with van der Waals surface area (Å²) in [5, 5.41) is 2.36. The fraction of sp³-hybridized carbons (Fsp3) is 0.250. The van der Waals surface area contributed by atoms with Crippen LogP contribution in [0.3, 0.4) is 0 Å². The van der Waals surface area contributed by atoms with E-state index in [-0.39, 0.29) is 31.1 Å². The van der Waals surface area contributed by atoms with Crippen LogP contribution in [0.1, 0.15) is 38.3 Å². The van der Waals surface area contributed by atoms with E-state index in [9.17, 15) is 27.6 Å². The highest BCUT2D eigenvalue weighted by Gasteiger charge is 2.34. The van der Waals surface area contributed by atoms with Crippen LogP contribution in [0.2, 0.25) is 0 Å². The van der Waals surface area contributed by atoms with Gasteiger partial charge in [0.05, 0.1) is 17.5 Å². The molecule has 0 unspecified atom stereocenters. The number of nitrogens with zero attached hydrogens (tertiary/aromatic N) is 1. The third kappa shape index (κ3) is 3.90. The number of likely N-dealkylation sites (N-methyl/N-ethyl adjacent to an activating group) is 1. The van der Waals surface area contributed by atoms with E-state index < -0.39 is 23.2 Å². The first kappa shape index (κ1) is 19.6. The van der Waals surface area contributed by atoms with Crippen molar-refractivity contribution in [3.8, 4) is 0 Å². The zero-order chi connectivity index (χ0) is 20.5. The molecule has 1 heterocycles. The number of carbonyl (C=O) groups excluding carboxylic acids is 3. The fourth-order valence-electron chi connectivity index (χ4n) is 3.10. The van der Waals surface area contributed by atoms with Crippen molar-refractivity contribution in [3.05, 3.63) is 64.7 Å². The highest BCUT2D eigenvalue weighted by molar-refractivity contribution is 6.03. The number of alkyl halides is 3. The molecule has 0 saturated heterocycles. The second-order valence-electron chi connectivity index (χ2n) is 6.45. The van der Waals surface area contributed by atoms with Crippen molar-refractivity contribution in [2.24, 2.45) is 0 Å². The number of nitrogens with one attached hydrogen (secondary N) is 1. The monoisotopic (exact) mass is 390 g/mol. The third-order valence-corrected chi connectivity index (χ3v) is 4.59. The van der Waals surface area contributed by atoms with E-state index in [2.05, 4.69) is 5.32 Å². The summed E-state index contributed by atoms with van der Waals surface area (Å²) in [6.07, 6.45) is -4.49. The molecule has 1 aliphatic heterocycles. The first-order valence-electron chi connectivity index (χ1n) is 8.55. The average molecular weight is 390 g/mol. The summed E-state index contributed by atoms with van der Waals surface area (Å²) in [6, 6.07) is 9.40. The summed E-state index contributed by atoms with van der Waals surface area (Å²) in [4.78, 5) is 37.6. The van der Waals surface area contributed by atoms with Gasteiger partial charge in [-0.3, -0.25) is 14.4 Å².